The number of rotatable bonds is 4. The van der Waals surface area contributed by atoms with Gasteiger partial charge in [-0.3, -0.25) is 0 Å². The van der Waals surface area contributed by atoms with Gasteiger partial charge in [0.05, 0.1) is 5.69 Å². The highest BCUT2D eigenvalue weighted by Crippen LogP contribution is 2.25. The van der Waals surface area contributed by atoms with E-state index >= 15 is 0 Å². The van der Waals surface area contributed by atoms with Crippen LogP contribution in [0.2, 0.25) is 0 Å². The van der Waals surface area contributed by atoms with Crippen LogP contribution in [0.5, 0.6) is 0 Å². The predicted molar refractivity (Wildman–Crippen MR) is 97.6 cm³/mol. The topological polar surface area (TPSA) is 57.7 Å². The molecule has 1 amide bonds. The van der Waals surface area contributed by atoms with Crippen LogP contribution >= 0.6 is 0 Å². The lowest BCUT2D eigenvalue weighted by Crippen LogP contribution is -2.50. The highest BCUT2D eigenvalue weighted by atomic mass is 16.6. The first-order valence-corrected chi connectivity index (χ1v) is 8.74. The largest absolute Gasteiger partial charge is 0.444 e. The molecule has 6 heteroatoms. The number of nitrogens with one attached hydrogen (secondary N) is 1. The van der Waals surface area contributed by atoms with Gasteiger partial charge in [-0.05, 0) is 46.2 Å². The maximum absolute atomic E-state index is 12.2. The number of amides is 1. The molecule has 0 bridgehead atoms. The van der Waals surface area contributed by atoms with Gasteiger partial charge >= 0.3 is 6.09 Å². The van der Waals surface area contributed by atoms with Gasteiger partial charge in [0, 0.05) is 38.4 Å². The molecule has 0 spiro atoms. The predicted octanol–water partition coefficient (Wildman–Crippen LogP) is 3.35. The summed E-state index contributed by atoms with van der Waals surface area (Å²) in [6, 6.07) is 4.41. The summed E-state index contributed by atoms with van der Waals surface area (Å²) >= 11 is 0. The third kappa shape index (κ3) is 5.01. The van der Waals surface area contributed by atoms with Gasteiger partial charge in [-0.1, -0.05) is 6.92 Å². The summed E-state index contributed by atoms with van der Waals surface area (Å²) in [6.07, 6.45) is 2.64. The molecule has 1 aliphatic rings. The molecule has 1 unspecified atom stereocenters. The first kappa shape index (κ1) is 18.4. The third-order valence-electron chi connectivity index (χ3n) is 4.03. The van der Waals surface area contributed by atoms with Crippen molar-refractivity contribution in [2.75, 3.05) is 36.4 Å². The Hall–Kier alpha value is -1.98. The molecule has 0 saturated carbocycles. The van der Waals surface area contributed by atoms with E-state index in [0.717, 1.165) is 31.0 Å². The highest BCUT2D eigenvalue weighted by Gasteiger charge is 2.27. The maximum Gasteiger partial charge on any atom is 0.410 e. The number of nitrogens with zero attached hydrogens (tertiary/aromatic N) is 3. The fourth-order valence-electron chi connectivity index (χ4n) is 2.56. The Bertz CT molecular complexity index is 548. The summed E-state index contributed by atoms with van der Waals surface area (Å²) in [5.74, 6) is 0.960. The summed E-state index contributed by atoms with van der Waals surface area (Å²) in [5, 5.41) is 3.51. The number of piperazine rings is 1. The molecule has 1 aromatic rings. The van der Waals surface area contributed by atoms with E-state index in [4.69, 9.17) is 4.74 Å². The minimum Gasteiger partial charge on any atom is -0.444 e. The van der Waals surface area contributed by atoms with Crippen LogP contribution in [0.4, 0.5) is 16.3 Å². The number of hydrogen-bond donors (Lipinski definition) is 1. The second-order valence-corrected chi connectivity index (χ2v) is 7.28. The quantitative estimate of drug-likeness (QED) is 0.915. The van der Waals surface area contributed by atoms with Crippen molar-refractivity contribution in [3.8, 4) is 0 Å². The number of carbonyl (C=O) groups excluding carboxylic acids is 1. The van der Waals surface area contributed by atoms with Crippen LogP contribution in [-0.2, 0) is 4.74 Å². The Kier molecular flexibility index (Phi) is 5.91. The molecule has 1 aromatic heterocycles. The van der Waals surface area contributed by atoms with Gasteiger partial charge in [-0.2, -0.15) is 0 Å². The molecule has 0 aromatic carbocycles. The second-order valence-electron chi connectivity index (χ2n) is 7.28. The van der Waals surface area contributed by atoms with E-state index in [1.807, 2.05) is 33.0 Å². The van der Waals surface area contributed by atoms with Crippen LogP contribution in [0.15, 0.2) is 18.3 Å². The summed E-state index contributed by atoms with van der Waals surface area (Å²) in [5.41, 5.74) is 0.598. The van der Waals surface area contributed by atoms with Crippen LogP contribution < -0.4 is 10.2 Å². The van der Waals surface area contributed by atoms with Crippen LogP contribution in [-0.4, -0.2) is 53.8 Å². The number of hydrogen-bond acceptors (Lipinski definition) is 5. The maximum atomic E-state index is 12.2. The van der Waals surface area contributed by atoms with E-state index in [1.165, 1.54) is 0 Å². The Morgan fingerprint density at radius 3 is 2.58 bits per heavy atom. The fourth-order valence-corrected chi connectivity index (χ4v) is 2.56. The molecule has 2 rings (SSSR count). The van der Waals surface area contributed by atoms with Crippen LogP contribution in [0.25, 0.3) is 0 Å². The van der Waals surface area contributed by atoms with E-state index in [-0.39, 0.29) is 6.09 Å². The minimum atomic E-state index is -0.456. The summed E-state index contributed by atoms with van der Waals surface area (Å²) in [6.45, 7) is 12.8. The summed E-state index contributed by atoms with van der Waals surface area (Å²) in [4.78, 5) is 20.7. The average Bonchev–Trinajstić information content (AvgIpc) is 2.54. The zero-order valence-corrected chi connectivity index (χ0v) is 15.5. The van der Waals surface area contributed by atoms with E-state index in [9.17, 15) is 4.79 Å². The Morgan fingerprint density at radius 1 is 1.33 bits per heavy atom. The zero-order chi connectivity index (χ0) is 17.7. The van der Waals surface area contributed by atoms with Crippen molar-refractivity contribution in [3.05, 3.63) is 18.3 Å². The zero-order valence-electron chi connectivity index (χ0n) is 15.5. The normalized spacial score (nSPS) is 16.7. The summed E-state index contributed by atoms with van der Waals surface area (Å²) < 4.78 is 5.45. The monoisotopic (exact) mass is 334 g/mol. The number of pyridine rings is 1. The first-order chi connectivity index (χ1) is 11.3. The molecule has 1 aliphatic heterocycles. The van der Waals surface area contributed by atoms with Gasteiger partial charge < -0.3 is 19.9 Å². The van der Waals surface area contributed by atoms with Crippen molar-refractivity contribution >= 4 is 17.6 Å². The highest BCUT2D eigenvalue weighted by molar-refractivity contribution is 5.70. The van der Waals surface area contributed by atoms with Crippen LogP contribution in [0.1, 0.15) is 41.0 Å². The molecular formula is C18H30N4O2. The molecular weight excluding hydrogens is 304 g/mol. The standard InChI is InChI=1S/C18H30N4O2/c1-6-14(2)20-15-8-7-9-19-16(15)21-10-12-22(13-11-21)17(23)24-18(3,4)5/h7-9,14,20H,6,10-13H2,1-5H3. The number of carbonyl (C=O) groups is 1. The van der Waals surface area contributed by atoms with Crippen molar-refractivity contribution in [1.29, 1.82) is 0 Å². The first-order valence-electron chi connectivity index (χ1n) is 8.74. The molecule has 2 heterocycles. The van der Waals surface area contributed by atoms with Crippen molar-refractivity contribution in [2.45, 2.75) is 52.7 Å². The molecule has 1 fully saturated rings. The average molecular weight is 334 g/mol. The van der Waals surface area contributed by atoms with E-state index in [0.29, 0.717) is 19.1 Å². The van der Waals surface area contributed by atoms with E-state index in [1.54, 1.807) is 4.90 Å². The molecule has 134 valence electrons. The van der Waals surface area contributed by atoms with Crippen molar-refractivity contribution in [3.63, 3.8) is 0 Å². The molecule has 0 radical (unpaired) electrons. The van der Waals surface area contributed by atoms with Gasteiger partial charge in [0.2, 0.25) is 0 Å². The van der Waals surface area contributed by atoms with Gasteiger partial charge in [-0.15, -0.1) is 0 Å². The lowest BCUT2D eigenvalue weighted by atomic mass is 10.2. The van der Waals surface area contributed by atoms with E-state index < -0.39 is 5.60 Å². The Morgan fingerprint density at radius 2 is 2.00 bits per heavy atom. The third-order valence-corrected chi connectivity index (χ3v) is 4.03. The van der Waals surface area contributed by atoms with Crippen LogP contribution in [0.3, 0.4) is 0 Å². The van der Waals surface area contributed by atoms with Gasteiger partial charge in [0.25, 0.3) is 0 Å². The lowest BCUT2D eigenvalue weighted by molar-refractivity contribution is 0.0240. The Balaban J connectivity index is 1.99. The molecule has 1 atom stereocenters. The minimum absolute atomic E-state index is 0.235. The molecule has 6 nitrogen and oxygen atoms in total. The number of anilines is 2. The van der Waals surface area contributed by atoms with Gasteiger partial charge in [0.15, 0.2) is 5.82 Å². The molecule has 1 N–H and O–H groups in total. The van der Waals surface area contributed by atoms with Gasteiger partial charge in [0.1, 0.15) is 5.60 Å². The molecule has 24 heavy (non-hydrogen) atoms. The van der Waals surface area contributed by atoms with Gasteiger partial charge in [-0.25, -0.2) is 9.78 Å². The van der Waals surface area contributed by atoms with E-state index in [2.05, 4.69) is 35.1 Å². The number of aromatic nitrogens is 1. The smallest absolute Gasteiger partial charge is 0.410 e. The van der Waals surface area contributed by atoms with Crippen molar-refractivity contribution in [2.24, 2.45) is 0 Å². The SMILES string of the molecule is CCC(C)Nc1cccnc1N1CCN(C(=O)OC(C)(C)C)CC1. The molecule has 1 saturated heterocycles. The fraction of sp³-hybridized carbons (Fsp3) is 0.667. The van der Waals surface area contributed by atoms with Crippen molar-refractivity contribution < 1.29 is 9.53 Å². The second kappa shape index (κ2) is 7.73. The van der Waals surface area contributed by atoms with Crippen LogP contribution in [0, 0.1) is 0 Å². The Labute approximate surface area is 145 Å². The number of ether oxygens (including phenoxy) is 1. The summed E-state index contributed by atoms with van der Waals surface area (Å²) in [7, 11) is 0. The molecule has 0 aliphatic carbocycles. The lowest BCUT2D eigenvalue weighted by Gasteiger charge is -2.37. The van der Waals surface area contributed by atoms with Crippen molar-refractivity contribution in [1.82, 2.24) is 9.88 Å².